The van der Waals surface area contributed by atoms with Crippen LogP contribution >= 0.6 is 0 Å². The summed E-state index contributed by atoms with van der Waals surface area (Å²) in [6.07, 6.45) is -0.308. The molecule has 0 aromatic heterocycles. The van der Waals surface area contributed by atoms with Gasteiger partial charge >= 0.3 is 0 Å². The Labute approximate surface area is 187 Å². The summed E-state index contributed by atoms with van der Waals surface area (Å²) in [5.41, 5.74) is 0.955. The van der Waals surface area contributed by atoms with Gasteiger partial charge in [0.15, 0.2) is 11.5 Å². The molecule has 3 aromatic carbocycles. The van der Waals surface area contributed by atoms with E-state index < -0.39 is 10.0 Å². The van der Waals surface area contributed by atoms with Crippen molar-refractivity contribution in [3.63, 3.8) is 0 Å². The molecule has 7 nitrogen and oxygen atoms in total. The summed E-state index contributed by atoms with van der Waals surface area (Å²) in [5.74, 6) is 1.02. The van der Waals surface area contributed by atoms with E-state index in [2.05, 4.69) is 5.32 Å². The number of nitrogens with one attached hydrogen (secondary N) is 1. The van der Waals surface area contributed by atoms with Crippen LogP contribution in [0.4, 0.5) is 5.69 Å². The van der Waals surface area contributed by atoms with Gasteiger partial charge in [0.1, 0.15) is 12.7 Å². The van der Waals surface area contributed by atoms with Crippen LogP contribution in [0.5, 0.6) is 11.5 Å². The Balaban J connectivity index is 1.40. The number of para-hydroxylation sites is 3. The van der Waals surface area contributed by atoms with Crippen molar-refractivity contribution < 1.29 is 22.7 Å². The number of benzene rings is 3. The number of carbonyl (C=O) groups excluding carboxylic acids is 1. The molecule has 166 valence electrons. The Morgan fingerprint density at radius 2 is 1.62 bits per heavy atom. The third kappa shape index (κ3) is 4.55. The SMILES string of the molecule is CCN(c1ccccc1)S(=O)(=O)c1ccc(C(=O)NC[C@H]2COc3ccccc3O2)cc1. The maximum absolute atomic E-state index is 13.1. The van der Waals surface area contributed by atoms with Gasteiger partial charge in [-0.1, -0.05) is 30.3 Å². The zero-order valence-corrected chi connectivity index (χ0v) is 18.4. The zero-order valence-electron chi connectivity index (χ0n) is 17.6. The molecular weight excluding hydrogens is 428 g/mol. The van der Waals surface area contributed by atoms with E-state index in [1.807, 2.05) is 30.3 Å². The molecule has 0 unspecified atom stereocenters. The van der Waals surface area contributed by atoms with Gasteiger partial charge in [-0.05, 0) is 55.5 Å². The summed E-state index contributed by atoms with van der Waals surface area (Å²) in [5, 5.41) is 2.81. The Morgan fingerprint density at radius 1 is 0.969 bits per heavy atom. The highest BCUT2D eigenvalue weighted by Crippen LogP contribution is 2.30. The first-order valence-electron chi connectivity index (χ1n) is 10.3. The lowest BCUT2D eigenvalue weighted by molar-refractivity contribution is 0.0789. The second kappa shape index (κ2) is 9.32. The molecule has 3 aromatic rings. The van der Waals surface area contributed by atoms with Crippen LogP contribution in [0.2, 0.25) is 0 Å². The number of hydrogen-bond donors (Lipinski definition) is 1. The number of fused-ring (bicyclic) bond motifs is 1. The van der Waals surface area contributed by atoms with E-state index in [-0.39, 0.29) is 23.5 Å². The highest BCUT2D eigenvalue weighted by Gasteiger charge is 2.24. The topological polar surface area (TPSA) is 84.9 Å². The van der Waals surface area contributed by atoms with E-state index in [4.69, 9.17) is 9.47 Å². The molecule has 1 aliphatic heterocycles. The van der Waals surface area contributed by atoms with E-state index >= 15 is 0 Å². The molecule has 0 fully saturated rings. The second-order valence-corrected chi connectivity index (χ2v) is 9.10. The smallest absolute Gasteiger partial charge is 0.264 e. The number of hydrogen-bond acceptors (Lipinski definition) is 5. The van der Waals surface area contributed by atoms with Crippen LogP contribution in [0.1, 0.15) is 17.3 Å². The van der Waals surface area contributed by atoms with Crippen molar-refractivity contribution in [2.24, 2.45) is 0 Å². The Morgan fingerprint density at radius 3 is 2.31 bits per heavy atom. The first kappa shape index (κ1) is 21.7. The van der Waals surface area contributed by atoms with Gasteiger partial charge in [0.25, 0.3) is 15.9 Å². The lowest BCUT2D eigenvalue weighted by Crippen LogP contribution is -2.40. The lowest BCUT2D eigenvalue weighted by Gasteiger charge is -2.26. The minimum absolute atomic E-state index is 0.125. The van der Waals surface area contributed by atoms with E-state index in [0.29, 0.717) is 35.9 Å². The summed E-state index contributed by atoms with van der Waals surface area (Å²) in [7, 11) is -3.74. The highest BCUT2D eigenvalue weighted by atomic mass is 32.2. The summed E-state index contributed by atoms with van der Waals surface area (Å²) in [4.78, 5) is 12.7. The normalized spacial score (nSPS) is 15.1. The molecule has 32 heavy (non-hydrogen) atoms. The van der Waals surface area contributed by atoms with Gasteiger partial charge in [0.05, 0.1) is 17.1 Å². The van der Waals surface area contributed by atoms with Crippen LogP contribution in [-0.2, 0) is 10.0 Å². The molecule has 1 aliphatic rings. The average molecular weight is 453 g/mol. The van der Waals surface area contributed by atoms with Gasteiger partial charge < -0.3 is 14.8 Å². The Kier molecular flexibility index (Phi) is 6.32. The number of nitrogens with zero attached hydrogens (tertiary/aromatic N) is 1. The fourth-order valence-corrected chi connectivity index (χ4v) is 4.94. The largest absolute Gasteiger partial charge is 0.486 e. The molecule has 0 bridgehead atoms. The van der Waals surface area contributed by atoms with Crippen molar-refractivity contribution in [3.05, 3.63) is 84.4 Å². The van der Waals surface area contributed by atoms with Crippen molar-refractivity contribution in [1.82, 2.24) is 5.32 Å². The fourth-order valence-electron chi connectivity index (χ4n) is 3.46. The van der Waals surface area contributed by atoms with E-state index in [1.54, 1.807) is 31.2 Å². The first-order chi connectivity index (χ1) is 15.5. The number of rotatable bonds is 7. The predicted octanol–water partition coefficient (Wildman–Crippen LogP) is 3.47. The van der Waals surface area contributed by atoms with E-state index in [1.165, 1.54) is 28.6 Å². The molecule has 0 saturated carbocycles. The minimum atomic E-state index is -3.74. The lowest BCUT2D eigenvalue weighted by atomic mass is 10.2. The van der Waals surface area contributed by atoms with E-state index in [0.717, 1.165) is 0 Å². The molecule has 0 saturated heterocycles. The molecule has 0 aliphatic carbocycles. The standard InChI is InChI=1S/C24H24N2O5S/c1-2-26(19-8-4-3-5-9-19)32(28,29)21-14-12-18(13-15-21)24(27)25-16-20-17-30-22-10-6-7-11-23(22)31-20/h3-15,20H,2,16-17H2,1H3,(H,25,27)/t20-/m0/s1. The summed E-state index contributed by atoms with van der Waals surface area (Å²) in [6.45, 7) is 2.68. The monoisotopic (exact) mass is 452 g/mol. The molecule has 4 rings (SSSR count). The van der Waals surface area contributed by atoms with Gasteiger partial charge in [-0.2, -0.15) is 0 Å². The van der Waals surface area contributed by atoms with Crippen molar-refractivity contribution in [3.8, 4) is 11.5 Å². The molecule has 0 spiro atoms. The number of sulfonamides is 1. The maximum atomic E-state index is 13.1. The third-order valence-corrected chi connectivity index (χ3v) is 7.01. The molecule has 1 heterocycles. The number of ether oxygens (including phenoxy) is 2. The molecule has 1 amide bonds. The molecule has 1 N–H and O–H groups in total. The highest BCUT2D eigenvalue weighted by molar-refractivity contribution is 7.92. The van der Waals surface area contributed by atoms with E-state index in [9.17, 15) is 13.2 Å². The van der Waals surface area contributed by atoms with Crippen LogP contribution < -0.4 is 19.1 Å². The van der Waals surface area contributed by atoms with Crippen molar-refractivity contribution in [2.75, 3.05) is 24.0 Å². The van der Waals surface area contributed by atoms with Crippen molar-refractivity contribution in [2.45, 2.75) is 17.9 Å². The Hall–Kier alpha value is -3.52. The molecular formula is C24H24N2O5S. The van der Waals surface area contributed by atoms with Gasteiger partial charge in [0.2, 0.25) is 0 Å². The molecule has 1 atom stereocenters. The van der Waals surface area contributed by atoms with Crippen LogP contribution in [0.25, 0.3) is 0 Å². The van der Waals surface area contributed by atoms with Gasteiger partial charge in [0, 0.05) is 12.1 Å². The predicted molar refractivity (Wildman–Crippen MR) is 122 cm³/mol. The van der Waals surface area contributed by atoms with Gasteiger partial charge in [-0.25, -0.2) is 8.42 Å². The second-order valence-electron chi connectivity index (χ2n) is 7.24. The summed E-state index contributed by atoms with van der Waals surface area (Å²) < 4.78 is 39.0. The number of anilines is 1. The van der Waals surface area contributed by atoms with Crippen LogP contribution in [0.3, 0.4) is 0 Å². The van der Waals surface area contributed by atoms with Crippen molar-refractivity contribution >= 4 is 21.6 Å². The quantitative estimate of drug-likeness (QED) is 0.593. The van der Waals surface area contributed by atoms with Crippen LogP contribution in [0, 0.1) is 0 Å². The molecule has 0 radical (unpaired) electrons. The third-order valence-electron chi connectivity index (χ3n) is 5.09. The fraction of sp³-hybridized carbons (Fsp3) is 0.208. The number of carbonyl (C=O) groups is 1. The zero-order chi connectivity index (χ0) is 22.6. The maximum Gasteiger partial charge on any atom is 0.264 e. The van der Waals surface area contributed by atoms with Gasteiger partial charge in [-0.15, -0.1) is 0 Å². The van der Waals surface area contributed by atoms with Gasteiger partial charge in [-0.3, -0.25) is 9.10 Å². The van der Waals surface area contributed by atoms with Crippen LogP contribution in [-0.4, -0.2) is 40.1 Å². The molecule has 8 heteroatoms. The minimum Gasteiger partial charge on any atom is -0.486 e. The summed E-state index contributed by atoms with van der Waals surface area (Å²) >= 11 is 0. The summed E-state index contributed by atoms with van der Waals surface area (Å²) in [6, 6.07) is 22.2. The average Bonchev–Trinajstić information content (AvgIpc) is 2.83. The Bertz CT molecular complexity index is 1180. The first-order valence-corrected chi connectivity index (χ1v) is 11.8. The number of amides is 1. The van der Waals surface area contributed by atoms with Crippen molar-refractivity contribution in [1.29, 1.82) is 0 Å². The van der Waals surface area contributed by atoms with Crippen LogP contribution in [0.15, 0.2) is 83.8 Å².